The third-order valence-corrected chi connectivity index (χ3v) is 8.30. The first kappa shape index (κ1) is 25.6. The summed E-state index contributed by atoms with van der Waals surface area (Å²) in [5, 5.41) is 0.964. The number of fused-ring (bicyclic) bond motifs is 2. The second kappa shape index (κ2) is 10.3. The fraction of sp³-hybridized carbons (Fsp3) is 0. The predicted octanol–water partition coefficient (Wildman–Crippen LogP) is 9.13. The van der Waals surface area contributed by atoms with Gasteiger partial charge in [-0.25, -0.2) is 0 Å². The molecule has 0 aliphatic rings. The SMILES string of the molecule is Nc1c(-c2c(N)c3ncccc3n2-c2ccccc2)n(-c2cc(-c3ccccc3)cc(-c3ccccc3)c2)c2ccccc12. The molecule has 0 unspecified atom stereocenters. The molecular weight excluding hydrogens is 538 g/mol. The summed E-state index contributed by atoms with van der Waals surface area (Å²) >= 11 is 0. The van der Waals surface area contributed by atoms with Crippen LogP contribution in [0.15, 0.2) is 152 Å². The molecule has 5 aromatic carbocycles. The Morgan fingerprint density at radius 1 is 0.432 bits per heavy atom. The van der Waals surface area contributed by atoms with E-state index in [4.69, 9.17) is 16.5 Å². The zero-order valence-corrected chi connectivity index (χ0v) is 23.9. The summed E-state index contributed by atoms with van der Waals surface area (Å²) in [5.41, 5.74) is 26.2. The maximum Gasteiger partial charge on any atom is 0.112 e. The summed E-state index contributed by atoms with van der Waals surface area (Å²) in [5.74, 6) is 0. The quantitative estimate of drug-likeness (QED) is 0.218. The van der Waals surface area contributed by atoms with Crippen LogP contribution in [-0.2, 0) is 0 Å². The van der Waals surface area contributed by atoms with Crippen molar-refractivity contribution in [3.8, 4) is 45.0 Å². The van der Waals surface area contributed by atoms with E-state index in [1.54, 1.807) is 6.20 Å². The molecular formula is C39H29N5. The number of nitrogens with zero attached hydrogens (tertiary/aromatic N) is 3. The van der Waals surface area contributed by atoms with E-state index in [1.165, 1.54) is 0 Å². The Kier molecular flexibility index (Phi) is 6.02. The molecule has 0 aliphatic carbocycles. The number of hydrogen-bond acceptors (Lipinski definition) is 3. The number of rotatable bonds is 5. The number of hydrogen-bond donors (Lipinski definition) is 2. The lowest BCUT2D eigenvalue weighted by atomic mass is 9.98. The molecule has 3 heterocycles. The molecule has 0 spiro atoms. The van der Waals surface area contributed by atoms with Crippen molar-refractivity contribution >= 4 is 33.3 Å². The average molecular weight is 568 g/mol. The van der Waals surface area contributed by atoms with E-state index in [-0.39, 0.29) is 0 Å². The largest absolute Gasteiger partial charge is 0.396 e. The number of pyridine rings is 1. The van der Waals surface area contributed by atoms with Gasteiger partial charge in [-0.3, -0.25) is 4.98 Å². The van der Waals surface area contributed by atoms with Crippen LogP contribution in [0.3, 0.4) is 0 Å². The minimum Gasteiger partial charge on any atom is -0.396 e. The van der Waals surface area contributed by atoms with E-state index in [9.17, 15) is 0 Å². The van der Waals surface area contributed by atoms with Crippen molar-refractivity contribution in [2.45, 2.75) is 0 Å². The second-order valence-corrected chi connectivity index (χ2v) is 10.9. The van der Waals surface area contributed by atoms with Crippen LogP contribution in [0, 0.1) is 0 Å². The summed E-state index contributed by atoms with van der Waals surface area (Å²) in [6, 6.07) is 50.2. The Balaban J connectivity index is 1.51. The number of nitrogens with two attached hydrogens (primary N) is 2. The van der Waals surface area contributed by atoms with Gasteiger partial charge in [0.2, 0.25) is 0 Å². The van der Waals surface area contributed by atoms with Gasteiger partial charge < -0.3 is 20.6 Å². The van der Waals surface area contributed by atoms with Gasteiger partial charge in [-0.2, -0.15) is 0 Å². The molecule has 0 aliphatic heterocycles. The highest BCUT2D eigenvalue weighted by atomic mass is 15.1. The van der Waals surface area contributed by atoms with Gasteiger partial charge in [-0.15, -0.1) is 0 Å². The number of anilines is 2. The topological polar surface area (TPSA) is 74.8 Å². The molecule has 8 rings (SSSR count). The molecule has 4 N–H and O–H groups in total. The highest BCUT2D eigenvalue weighted by Crippen LogP contribution is 2.45. The van der Waals surface area contributed by atoms with Gasteiger partial charge in [0, 0.05) is 23.0 Å². The maximum absolute atomic E-state index is 7.14. The average Bonchev–Trinajstić information content (AvgIpc) is 3.55. The van der Waals surface area contributed by atoms with Crippen molar-refractivity contribution in [1.29, 1.82) is 0 Å². The summed E-state index contributed by atoms with van der Waals surface area (Å²) in [6.45, 7) is 0. The van der Waals surface area contributed by atoms with Crippen molar-refractivity contribution in [2.75, 3.05) is 11.5 Å². The fourth-order valence-electron chi connectivity index (χ4n) is 6.32. The molecule has 0 amide bonds. The zero-order chi connectivity index (χ0) is 29.6. The molecule has 8 aromatic rings. The van der Waals surface area contributed by atoms with Gasteiger partial charge in [0.05, 0.1) is 33.8 Å². The molecule has 44 heavy (non-hydrogen) atoms. The Bertz CT molecular complexity index is 2220. The molecule has 0 saturated heterocycles. The highest BCUT2D eigenvalue weighted by Gasteiger charge is 2.27. The molecule has 3 aromatic heterocycles. The summed E-state index contributed by atoms with van der Waals surface area (Å²) in [6.07, 6.45) is 1.78. The van der Waals surface area contributed by atoms with Gasteiger partial charge in [-0.05, 0) is 70.8 Å². The second-order valence-electron chi connectivity index (χ2n) is 10.9. The third kappa shape index (κ3) is 4.06. The van der Waals surface area contributed by atoms with E-state index in [0.717, 1.165) is 67.0 Å². The van der Waals surface area contributed by atoms with E-state index in [2.05, 4.69) is 112 Å². The van der Waals surface area contributed by atoms with Gasteiger partial charge in [0.25, 0.3) is 0 Å². The smallest absolute Gasteiger partial charge is 0.112 e. The van der Waals surface area contributed by atoms with E-state index in [1.807, 2.05) is 42.5 Å². The molecule has 0 radical (unpaired) electrons. The first-order valence-corrected chi connectivity index (χ1v) is 14.6. The van der Waals surface area contributed by atoms with Gasteiger partial charge in [-0.1, -0.05) is 97.1 Å². The Morgan fingerprint density at radius 2 is 0.955 bits per heavy atom. The fourth-order valence-corrected chi connectivity index (χ4v) is 6.32. The van der Waals surface area contributed by atoms with Crippen LogP contribution < -0.4 is 11.5 Å². The number of para-hydroxylation sites is 2. The van der Waals surface area contributed by atoms with Gasteiger partial charge in [0.15, 0.2) is 0 Å². The Morgan fingerprint density at radius 3 is 1.61 bits per heavy atom. The lowest BCUT2D eigenvalue weighted by molar-refractivity contribution is 1.07. The molecule has 210 valence electrons. The lowest BCUT2D eigenvalue weighted by Gasteiger charge is -2.18. The van der Waals surface area contributed by atoms with Crippen LogP contribution in [0.4, 0.5) is 11.4 Å². The van der Waals surface area contributed by atoms with E-state index < -0.39 is 0 Å². The number of nitrogen functional groups attached to an aromatic ring is 2. The lowest BCUT2D eigenvalue weighted by Crippen LogP contribution is -2.05. The van der Waals surface area contributed by atoms with Crippen molar-refractivity contribution in [3.63, 3.8) is 0 Å². The van der Waals surface area contributed by atoms with Crippen LogP contribution in [0.2, 0.25) is 0 Å². The molecule has 0 atom stereocenters. The predicted molar refractivity (Wildman–Crippen MR) is 183 cm³/mol. The van der Waals surface area contributed by atoms with Crippen LogP contribution >= 0.6 is 0 Å². The van der Waals surface area contributed by atoms with Crippen molar-refractivity contribution in [3.05, 3.63) is 152 Å². The Labute approximate surface area is 255 Å². The first-order valence-electron chi connectivity index (χ1n) is 14.6. The zero-order valence-electron chi connectivity index (χ0n) is 23.9. The summed E-state index contributed by atoms with van der Waals surface area (Å²) < 4.78 is 4.44. The van der Waals surface area contributed by atoms with E-state index >= 15 is 0 Å². The van der Waals surface area contributed by atoms with Crippen LogP contribution in [0.1, 0.15) is 0 Å². The van der Waals surface area contributed by atoms with E-state index in [0.29, 0.717) is 11.4 Å². The number of benzene rings is 5. The first-order chi connectivity index (χ1) is 21.7. The highest BCUT2D eigenvalue weighted by molar-refractivity contribution is 6.08. The minimum absolute atomic E-state index is 0.586. The van der Waals surface area contributed by atoms with Crippen molar-refractivity contribution < 1.29 is 0 Å². The maximum atomic E-state index is 7.14. The van der Waals surface area contributed by atoms with Crippen molar-refractivity contribution in [2.24, 2.45) is 0 Å². The number of aromatic nitrogens is 3. The monoisotopic (exact) mass is 567 g/mol. The molecule has 5 heteroatoms. The normalized spacial score (nSPS) is 11.4. The molecule has 0 fully saturated rings. The minimum atomic E-state index is 0.586. The Hall–Kier alpha value is -6.07. The van der Waals surface area contributed by atoms with Crippen molar-refractivity contribution in [1.82, 2.24) is 14.1 Å². The van der Waals surface area contributed by atoms with Gasteiger partial charge >= 0.3 is 0 Å². The van der Waals surface area contributed by atoms with Gasteiger partial charge in [0.1, 0.15) is 5.52 Å². The third-order valence-electron chi connectivity index (χ3n) is 8.30. The standard InChI is InChI=1S/C39H29N5/c40-35-32-19-10-11-20-33(32)44(31-24-28(26-13-4-1-5-14-26)23-29(25-31)27-15-6-2-7-16-27)38(35)39-36(41)37-34(21-12-22-42-37)43(39)30-17-8-3-9-18-30/h1-25H,40-41H2. The molecule has 0 saturated carbocycles. The van der Waals surface area contributed by atoms with Crippen LogP contribution in [0.5, 0.6) is 0 Å². The van der Waals surface area contributed by atoms with Crippen LogP contribution in [0.25, 0.3) is 67.0 Å². The molecule has 0 bridgehead atoms. The summed E-state index contributed by atoms with van der Waals surface area (Å²) in [4.78, 5) is 4.71. The summed E-state index contributed by atoms with van der Waals surface area (Å²) in [7, 11) is 0. The van der Waals surface area contributed by atoms with Crippen LogP contribution in [-0.4, -0.2) is 14.1 Å². The molecule has 5 nitrogen and oxygen atoms in total.